The smallest absolute Gasteiger partial charge is 0.225 e. The van der Waals surface area contributed by atoms with E-state index in [1.807, 2.05) is 4.90 Å². The third kappa shape index (κ3) is 3.47. The molecule has 21 heavy (non-hydrogen) atoms. The van der Waals surface area contributed by atoms with Gasteiger partial charge in [-0.3, -0.25) is 9.59 Å². The van der Waals surface area contributed by atoms with E-state index >= 15 is 0 Å². The molecular weight excluding hydrogens is 264 g/mol. The van der Waals surface area contributed by atoms with Crippen molar-refractivity contribution in [1.82, 2.24) is 9.80 Å². The number of nitrogens with zero attached hydrogens (tertiary/aromatic N) is 2. The van der Waals surface area contributed by atoms with Crippen LogP contribution >= 0.6 is 0 Å². The Kier molecular flexibility index (Phi) is 5.42. The Balaban J connectivity index is 1.87. The van der Waals surface area contributed by atoms with Crippen LogP contribution in [0.2, 0.25) is 0 Å². The van der Waals surface area contributed by atoms with Crippen molar-refractivity contribution in [2.24, 2.45) is 11.3 Å². The Morgan fingerprint density at radius 3 is 2.05 bits per heavy atom. The van der Waals surface area contributed by atoms with Crippen LogP contribution in [-0.2, 0) is 9.59 Å². The molecule has 0 aromatic carbocycles. The summed E-state index contributed by atoms with van der Waals surface area (Å²) in [4.78, 5) is 29.0. The van der Waals surface area contributed by atoms with Crippen LogP contribution in [0.25, 0.3) is 0 Å². The average Bonchev–Trinajstić information content (AvgIpc) is 2.54. The fraction of sp³-hybridized carbons (Fsp3) is 0.882. The molecule has 2 aliphatic heterocycles. The average molecular weight is 294 g/mol. The lowest BCUT2D eigenvalue weighted by Gasteiger charge is -2.41. The molecule has 0 N–H and O–H groups in total. The highest BCUT2D eigenvalue weighted by Gasteiger charge is 2.39. The molecular formula is C17H30N2O2. The van der Waals surface area contributed by atoms with Gasteiger partial charge in [-0.15, -0.1) is 0 Å². The maximum Gasteiger partial charge on any atom is 0.225 e. The van der Waals surface area contributed by atoms with Gasteiger partial charge in [-0.2, -0.15) is 0 Å². The molecule has 0 aromatic rings. The number of ketones is 1. The summed E-state index contributed by atoms with van der Waals surface area (Å²) in [5, 5.41) is 0. The number of Topliss-reactive ketones (excluding diaryl/α,β-unsaturated/α-hetero) is 1. The molecule has 120 valence electrons. The predicted molar refractivity (Wildman–Crippen MR) is 84.1 cm³/mol. The number of piperidine rings is 2. The third-order valence-corrected chi connectivity index (χ3v) is 5.84. The standard InChI is InChI=1S/C17H30N2O2/c1-4-17(14(3)20)8-12-19(13-9-17)16(21)15-6-10-18(5-2)11-7-15/h15H,4-13H2,1-3H3. The summed E-state index contributed by atoms with van der Waals surface area (Å²) in [5.41, 5.74) is -0.164. The van der Waals surface area contributed by atoms with Crippen LogP contribution in [0.4, 0.5) is 0 Å². The first-order valence-electron chi connectivity index (χ1n) is 8.54. The number of rotatable bonds is 4. The van der Waals surface area contributed by atoms with E-state index in [1.165, 1.54) is 0 Å². The van der Waals surface area contributed by atoms with Crippen LogP contribution in [0.3, 0.4) is 0 Å². The highest BCUT2D eigenvalue weighted by atomic mass is 16.2. The molecule has 4 nitrogen and oxygen atoms in total. The van der Waals surface area contributed by atoms with Gasteiger partial charge >= 0.3 is 0 Å². The summed E-state index contributed by atoms with van der Waals surface area (Å²) in [6.45, 7) is 10.7. The van der Waals surface area contributed by atoms with Gasteiger partial charge in [0.05, 0.1) is 0 Å². The normalized spacial score (nSPS) is 24.0. The molecule has 4 heteroatoms. The van der Waals surface area contributed by atoms with Crippen molar-refractivity contribution in [2.75, 3.05) is 32.7 Å². The van der Waals surface area contributed by atoms with E-state index in [0.29, 0.717) is 11.7 Å². The van der Waals surface area contributed by atoms with Crippen molar-refractivity contribution in [3.05, 3.63) is 0 Å². The van der Waals surface area contributed by atoms with Crippen molar-refractivity contribution < 1.29 is 9.59 Å². The minimum atomic E-state index is -0.164. The van der Waals surface area contributed by atoms with E-state index in [0.717, 1.165) is 64.8 Å². The first-order valence-corrected chi connectivity index (χ1v) is 8.54. The van der Waals surface area contributed by atoms with Crippen LogP contribution in [0.1, 0.15) is 52.9 Å². The molecule has 1 amide bonds. The second-order valence-electron chi connectivity index (χ2n) is 6.72. The number of carbonyl (C=O) groups is 2. The maximum atomic E-state index is 12.6. The maximum absolute atomic E-state index is 12.6. The van der Waals surface area contributed by atoms with Crippen LogP contribution < -0.4 is 0 Å². The van der Waals surface area contributed by atoms with Crippen molar-refractivity contribution in [1.29, 1.82) is 0 Å². The molecule has 0 radical (unpaired) electrons. The molecule has 0 saturated carbocycles. The zero-order valence-electron chi connectivity index (χ0n) is 13.9. The number of hydrogen-bond acceptors (Lipinski definition) is 3. The van der Waals surface area contributed by atoms with Crippen molar-refractivity contribution in [2.45, 2.75) is 52.9 Å². The lowest BCUT2D eigenvalue weighted by molar-refractivity contribution is -0.142. The monoisotopic (exact) mass is 294 g/mol. The SMILES string of the molecule is CCN1CCC(C(=O)N2CCC(CC)(C(C)=O)CC2)CC1. The lowest BCUT2D eigenvalue weighted by atomic mass is 9.73. The molecule has 0 atom stereocenters. The third-order valence-electron chi connectivity index (χ3n) is 5.84. The predicted octanol–water partition coefficient (Wildman–Crippen LogP) is 2.33. The van der Waals surface area contributed by atoms with Crippen LogP contribution in [0.5, 0.6) is 0 Å². The van der Waals surface area contributed by atoms with Crippen LogP contribution in [-0.4, -0.2) is 54.2 Å². The van der Waals surface area contributed by atoms with Gasteiger partial charge < -0.3 is 9.80 Å². The highest BCUT2D eigenvalue weighted by Crippen LogP contribution is 2.36. The second kappa shape index (κ2) is 6.91. The van der Waals surface area contributed by atoms with Gasteiger partial charge in [0.25, 0.3) is 0 Å². The molecule has 0 unspecified atom stereocenters. The quantitative estimate of drug-likeness (QED) is 0.799. The Morgan fingerprint density at radius 2 is 1.62 bits per heavy atom. The summed E-state index contributed by atoms with van der Waals surface area (Å²) in [6, 6.07) is 0. The summed E-state index contributed by atoms with van der Waals surface area (Å²) < 4.78 is 0. The molecule has 2 saturated heterocycles. The number of carbonyl (C=O) groups excluding carboxylic acids is 2. The van der Waals surface area contributed by atoms with Crippen molar-refractivity contribution in [3.63, 3.8) is 0 Å². The van der Waals surface area contributed by atoms with E-state index in [9.17, 15) is 9.59 Å². The van der Waals surface area contributed by atoms with Gasteiger partial charge in [0.2, 0.25) is 5.91 Å². The van der Waals surface area contributed by atoms with E-state index in [4.69, 9.17) is 0 Å². The first-order chi connectivity index (χ1) is 10.0. The summed E-state index contributed by atoms with van der Waals surface area (Å²) in [7, 11) is 0. The van der Waals surface area contributed by atoms with E-state index < -0.39 is 0 Å². The Morgan fingerprint density at radius 1 is 1.05 bits per heavy atom. The molecule has 0 bridgehead atoms. The lowest BCUT2D eigenvalue weighted by Crippen LogP contribution is -2.49. The van der Waals surface area contributed by atoms with Gasteiger partial charge in [-0.25, -0.2) is 0 Å². The van der Waals surface area contributed by atoms with Gasteiger partial charge in [0.15, 0.2) is 0 Å². The van der Waals surface area contributed by atoms with E-state index in [-0.39, 0.29) is 11.3 Å². The van der Waals surface area contributed by atoms with Gasteiger partial charge in [0, 0.05) is 24.4 Å². The molecule has 2 rings (SSSR count). The van der Waals surface area contributed by atoms with Crippen LogP contribution in [0.15, 0.2) is 0 Å². The fourth-order valence-corrected chi connectivity index (χ4v) is 3.86. The number of amides is 1. The minimum absolute atomic E-state index is 0.164. The van der Waals surface area contributed by atoms with Gasteiger partial charge in [0.1, 0.15) is 5.78 Å². The topological polar surface area (TPSA) is 40.6 Å². The summed E-state index contributed by atoms with van der Waals surface area (Å²) >= 11 is 0. The summed E-state index contributed by atoms with van der Waals surface area (Å²) in [5.74, 6) is 0.839. The number of hydrogen-bond donors (Lipinski definition) is 0. The van der Waals surface area contributed by atoms with E-state index in [2.05, 4.69) is 18.7 Å². The molecule has 0 spiro atoms. The zero-order chi connectivity index (χ0) is 15.5. The molecule has 2 heterocycles. The first kappa shape index (κ1) is 16.5. The van der Waals surface area contributed by atoms with Crippen LogP contribution in [0, 0.1) is 11.3 Å². The Bertz CT molecular complexity index is 378. The second-order valence-corrected chi connectivity index (χ2v) is 6.72. The van der Waals surface area contributed by atoms with Crippen molar-refractivity contribution in [3.8, 4) is 0 Å². The zero-order valence-corrected chi connectivity index (χ0v) is 13.9. The Labute approximate surface area is 128 Å². The summed E-state index contributed by atoms with van der Waals surface area (Å²) in [6.07, 6.45) is 4.58. The minimum Gasteiger partial charge on any atom is -0.342 e. The fourth-order valence-electron chi connectivity index (χ4n) is 3.86. The highest BCUT2D eigenvalue weighted by molar-refractivity contribution is 5.83. The number of likely N-dealkylation sites (tertiary alicyclic amines) is 2. The molecule has 2 aliphatic rings. The van der Waals surface area contributed by atoms with Gasteiger partial charge in [-0.05, 0) is 58.7 Å². The Hall–Kier alpha value is -0.900. The largest absolute Gasteiger partial charge is 0.342 e. The molecule has 2 fully saturated rings. The van der Waals surface area contributed by atoms with Gasteiger partial charge in [-0.1, -0.05) is 13.8 Å². The molecule has 0 aliphatic carbocycles. The van der Waals surface area contributed by atoms with Crippen molar-refractivity contribution >= 4 is 11.7 Å². The van der Waals surface area contributed by atoms with E-state index in [1.54, 1.807) is 6.92 Å². The molecule has 0 aromatic heterocycles.